The van der Waals surface area contributed by atoms with E-state index < -0.39 is 0 Å². The molecule has 0 aromatic heterocycles. The Morgan fingerprint density at radius 1 is 1.22 bits per heavy atom. The molecule has 0 saturated carbocycles. The van der Waals surface area contributed by atoms with Crippen LogP contribution < -0.4 is 11.1 Å². The van der Waals surface area contributed by atoms with Crippen LogP contribution in [0.3, 0.4) is 0 Å². The van der Waals surface area contributed by atoms with Crippen LogP contribution in [0.1, 0.15) is 27.2 Å². The quantitative estimate of drug-likeness (QED) is 0.749. The van der Waals surface area contributed by atoms with Crippen LogP contribution in [0.25, 0.3) is 0 Å². The SMILES string of the molecule is CC(C)CC(CN(C)C)NC(=O)C(C)CN.Cl.Cl. The van der Waals surface area contributed by atoms with Crippen molar-refractivity contribution in [2.75, 3.05) is 27.2 Å². The molecule has 0 rings (SSSR count). The molecule has 112 valence electrons. The number of carbonyl (C=O) groups is 1. The summed E-state index contributed by atoms with van der Waals surface area (Å²) in [5, 5.41) is 3.07. The van der Waals surface area contributed by atoms with Crippen molar-refractivity contribution in [3.63, 3.8) is 0 Å². The third-order valence-electron chi connectivity index (χ3n) is 2.49. The fourth-order valence-electron chi connectivity index (χ4n) is 1.64. The van der Waals surface area contributed by atoms with Gasteiger partial charge in [0, 0.05) is 25.0 Å². The van der Waals surface area contributed by atoms with E-state index in [-0.39, 0.29) is 42.7 Å². The molecule has 2 atom stereocenters. The maximum Gasteiger partial charge on any atom is 0.224 e. The summed E-state index contributed by atoms with van der Waals surface area (Å²) in [5.74, 6) is 0.547. The largest absolute Gasteiger partial charge is 0.352 e. The Morgan fingerprint density at radius 3 is 2.06 bits per heavy atom. The van der Waals surface area contributed by atoms with Gasteiger partial charge in [0.05, 0.1) is 0 Å². The summed E-state index contributed by atoms with van der Waals surface area (Å²) < 4.78 is 0. The van der Waals surface area contributed by atoms with Gasteiger partial charge in [-0.25, -0.2) is 0 Å². The van der Waals surface area contributed by atoms with Gasteiger partial charge < -0.3 is 16.0 Å². The zero-order chi connectivity index (χ0) is 12.7. The Morgan fingerprint density at radius 2 is 1.72 bits per heavy atom. The zero-order valence-electron chi connectivity index (χ0n) is 12.1. The van der Waals surface area contributed by atoms with Gasteiger partial charge in [0.1, 0.15) is 0 Å². The summed E-state index contributed by atoms with van der Waals surface area (Å²) >= 11 is 0. The van der Waals surface area contributed by atoms with Gasteiger partial charge in [0.2, 0.25) is 5.91 Å². The smallest absolute Gasteiger partial charge is 0.224 e. The molecule has 0 heterocycles. The number of halogens is 2. The average Bonchev–Trinajstić information content (AvgIpc) is 2.14. The number of nitrogens with one attached hydrogen (secondary N) is 1. The molecule has 1 amide bonds. The minimum absolute atomic E-state index is 0. The number of rotatable bonds is 7. The lowest BCUT2D eigenvalue weighted by atomic mass is 10.0. The second-order valence-electron chi connectivity index (χ2n) is 5.23. The van der Waals surface area contributed by atoms with Gasteiger partial charge in [-0.05, 0) is 26.4 Å². The van der Waals surface area contributed by atoms with E-state index in [1.54, 1.807) is 0 Å². The maximum absolute atomic E-state index is 11.7. The number of amides is 1. The lowest BCUT2D eigenvalue weighted by Gasteiger charge is -2.25. The Balaban J connectivity index is -0.00000112. The Hall–Kier alpha value is -0.0300. The number of carbonyl (C=O) groups excluding carboxylic acids is 1. The Bertz CT molecular complexity index is 203. The average molecular weight is 302 g/mol. The van der Waals surface area contributed by atoms with Gasteiger partial charge in [-0.1, -0.05) is 20.8 Å². The van der Waals surface area contributed by atoms with Crippen molar-refractivity contribution in [1.29, 1.82) is 0 Å². The molecule has 18 heavy (non-hydrogen) atoms. The van der Waals surface area contributed by atoms with Crippen LogP contribution in [0, 0.1) is 11.8 Å². The molecule has 0 aromatic carbocycles. The first-order valence-corrected chi connectivity index (χ1v) is 6.02. The predicted octanol–water partition coefficient (Wildman–Crippen LogP) is 1.52. The first-order chi connectivity index (χ1) is 7.36. The second kappa shape index (κ2) is 12.0. The minimum Gasteiger partial charge on any atom is -0.352 e. The van der Waals surface area contributed by atoms with Gasteiger partial charge in [-0.3, -0.25) is 4.79 Å². The summed E-state index contributed by atoms with van der Waals surface area (Å²) in [6.07, 6.45) is 1.00. The van der Waals surface area contributed by atoms with E-state index >= 15 is 0 Å². The van der Waals surface area contributed by atoms with E-state index in [0.717, 1.165) is 13.0 Å². The third-order valence-corrected chi connectivity index (χ3v) is 2.49. The first kappa shape index (κ1) is 23.1. The van der Waals surface area contributed by atoms with Crippen LogP contribution in [-0.2, 0) is 4.79 Å². The second-order valence-corrected chi connectivity index (χ2v) is 5.23. The van der Waals surface area contributed by atoms with Crippen molar-refractivity contribution in [1.82, 2.24) is 10.2 Å². The van der Waals surface area contributed by atoms with Crippen LogP contribution in [-0.4, -0.2) is 44.0 Å². The molecular formula is C12H29Cl2N3O. The van der Waals surface area contributed by atoms with Crippen molar-refractivity contribution in [3.8, 4) is 0 Å². The summed E-state index contributed by atoms with van der Waals surface area (Å²) in [5.41, 5.74) is 5.48. The number of hydrogen-bond donors (Lipinski definition) is 2. The fourth-order valence-corrected chi connectivity index (χ4v) is 1.64. The normalized spacial score (nSPS) is 13.6. The van der Waals surface area contributed by atoms with Crippen molar-refractivity contribution in [2.45, 2.75) is 33.2 Å². The standard InChI is InChI=1S/C12H27N3O.2ClH/c1-9(2)6-11(8-15(4)5)14-12(16)10(3)7-13;;/h9-11H,6-8,13H2,1-5H3,(H,14,16);2*1H. The Kier molecular flexibility index (Phi) is 15.4. The highest BCUT2D eigenvalue weighted by molar-refractivity contribution is 5.85. The first-order valence-electron chi connectivity index (χ1n) is 6.02. The molecule has 0 spiro atoms. The molecule has 3 N–H and O–H groups in total. The van der Waals surface area contributed by atoms with E-state index in [9.17, 15) is 4.79 Å². The van der Waals surface area contributed by atoms with Gasteiger partial charge in [0.25, 0.3) is 0 Å². The van der Waals surface area contributed by atoms with Crippen molar-refractivity contribution in [3.05, 3.63) is 0 Å². The number of hydrogen-bond acceptors (Lipinski definition) is 3. The minimum atomic E-state index is -0.100. The van der Waals surface area contributed by atoms with E-state index in [4.69, 9.17) is 5.73 Å². The van der Waals surface area contributed by atoms with Crippen LogP contribution >= 0.6 is 24.8 Å². The van der Waals surface area contributed by atoms with Crippen LogP contribution in [0.5, 0.6) is 0 Å². The van der Waals surface area contributed by atoms with E-state index in [1.807, 2.05) is 21.0 Å². The molecule has 0 fully saturated rings. The highest BCUT2D eigenvalue weighted by Crippen LogP contribution is 2.06. The molecule has 0 aliphatic carbocycles. The third kappa shape index (κ3) is 11.1. The van der Waals surface area contributed by atoms with Crippen LogP contribution in [0.4, 0.5) is 0 Å². The van der Waals surface area contributed by atoms with Gasteiger partial charge in [-0.15, -0.1) is 24.8 Å². The van der Waals surface area contributed by atoms with Crippen molar-refractivity contribution in [2.24, 2.45) is 17.6 Å². The predicted molar refractivity (Wildman–Crippen MR) is 82.7 cm³/mol. The van der Waals surface area contributed by atoms with E-state index in [2.05, 4.69) is 24.1 Å². The number of likely N-dealkylation sites (N-methyl/N-ethyl adjacent to an activating group) is 1. The highest BCUT2D eigenvalue weighted by Gasteiger charge is 2.18. The summed E-state index contributed by atoms with van der Waals surface area (Å²) in [7, 11) is 4.04. The molecular weight excluding hydrogens is 273 g/mol. The molecule has 0 radical (unpaired) electrons. The van der Waals surface area contributed by atoms with Gasteiger partial charge in [-0.2, -0.15) is 0 Å². The van der Waals surface area contributed by atoms with Gasteiger partial charge >= 0.3 is 0 Å². The molecule has 0 aliphatic heterocycles. The number of nitrogens with two attached hydrogens (primary N) is 1. The summed E-state index contributed by atoms with van der Waals surface area (Å²) in [6.45, 7) is 7.48. The zero-order valence-corrected chi connectivity index (χ0v) is 13.7. The lowest BCUT2D eigenvalue weighted by molar-refractivity contribution is -0.125. The summed E-state index contributed by atoms with van der Waals surface area (Å²) in [6, 6.07) is 0.219. The van der Waals surface area contributed by atoms with E-state index in [0.29, 0.717) is 12.5 Å². The highest BCUT2D eigenvalue weighted by atomic mass is 35.5. The summed E-state index contributed by atoms with van der Waals surface area (Å²) in [4.78, 5) is 13.8. The van der Waals surface area contributed by atoms with Gasteiger partial charge in [0.15, 0.2) is 0 Å². The Labute approximate surface area is 124 Å². The van der Waals surface area contributed by atoms with Crippen LogP contribution in [0.2, 0.25) is 0 Å². The molecule has 6 heteroatoms. The molecule has 0 aromatic rings. The van der Waals surface area contributed by atoms with Crippen molar-refractivity contribution >= 4 is 30.7 Å². The van der Waals surface area contributed by atoms with E-state index in [1.165, 1.54) is 0 Å². The number of nitrogens with zero attached hydrogens (tertiary/aromatic N) is 1. The topological polar surface area (TPSA) is 58.4 Å². The monoisotopic (exact) mass is 301 g/mol. The lowest BCUT2D eigenvalue weighted by Crippen LogP contribution is -2.45. The molecule has 0 bridgehead atoms. The molecule has 0 saturated heterocycles. The fraction of sp³-hybridized carbons (Fsp3) is 0.917. The van der Waals surface area contributed by atoms with Crippen LogP contribution in [0.15, 0.2) is 0 Å². The molecule has 2 unspecified atom stereocenters. The molecule has 4 nitrogen and oxygen atoms in total. The van der Waals surface area contributed by atoms with Crippen molar-refractivity contribution < 1.29 is 4.79 Å². The maximum atomic E-state index is 11.7. The molecule has 0 aliphatic rings.